The molecule has 1 aromatic rings. The maximum absolute atomic E-state index is 12.0. The first-order chi connectivity index (χ1) is 7.79. The van der Waals surface area contributed by atoms with E-state index in [9.17, 15) is 13.2 Å². The molecule has 0 amide bonds. The molecule has 0 aliphatic heterocycles. The van der Waals surface area contributed by atoms with Gasteiger partial charge in [0.25, 0.3) is 0 Å². The molecule has 0 fully saturated rings. The summed E-state index contributed by atoms with van der Waals surface area (Å²) in [6.45, 7) is 3.53. The molecule has 0 bridgehead atoms. The van der Waals surface area contributed by atoms with Crippen molar-refractivity contribution in [3.63, 3.8) is 0 Å². The number of hydrogen-bond donors (Lipinski definition) is 1. The van der Waals surface area contributed by atoms with Crippen LogP contribution in [0.2, 0.25) is 0 Å². The summed E-state index contributed by atoms with van der Waals surface area (Å²) in [5.74, 6) is 0. The van der Waals surface area contributed by atoms with Gasteiger partial charge >= 0.3 is 6.18 Å². The zero-order chi connectivity index (χ0) is 13.1. The molecule has 1 rings (SSSR count). The number of nitrogens with zero attached hydrogens (tertiary/aromatic N) is 2. The van der Waals surface area contributed by atoms with E-state index in [2.05, 4.69) is 10.2 Å². The Bertz CT molecular complexity index is 377. The van der Waals surface area contributed by atoms with Crippen LogP contribution in [0.4, 0.5) is 13.2 Å². The Morgan fingerprint density at radius 3 is 2.53 bits per heavy atom. The SMILES string of the molecule is Cc1cc(C(N)CCCC(F)(F)F)c(C)nn1. The number of aromatic nitrogens is 2. The molecular weight excluding hydrogens is 231 g/mol. The predicted octanol–water partition coefficient (Wildman–Crippen LogP) is 2.83. The summed E-state index contributed by atoms with van der Waals surface area (Å²) in [5.41, 5.74) is 8.03. The Hall–Kier alpha value is -1.17. The molecule has 96 valence electrons. The summed E-state index contributed by atoms with van der Waals surface area (Å²) in [5, 5.41) is 7.76. The number of rotatable bonds is 4. The molecule has 0 aromatic carbocycles. The summed E-state index contributed by atoms with van der Waals surface area (Å²) < 4.78 is 36.0. The van der Waals surface area contributed by atoms with Gasteiger partial charge in [-0.05, 0) is 38.3 Å². The summed E-state index contributed by atoms with van der Waals surface area (Å²) >= 11 is 0. The van der Waals surface area contributed by atoms with Crippen LogP contribution in [0.3, 0.4) is 0 Å². The van der Waals surface area contributed by atoms with Crippen molar-refractivity contribution in [3.05, 3.63) is 23.0 Å². The summed E-state index contributed by atoms with van der Waals surface area (Å²) in [6.07, 6.45) is -4.57. The monoisotopic (exact) mass is 247 g/mol. The predicted molar refractivity (Wildman–Crippen MR) is 58.3 cm³/mol. The van der Waals surface area contributed by atoms with Crippen LogP contribution < -0.4 is 5.73 Å². The Balaban J connectivity index is 2.58. The Morgan fingerprint density at radius 2 is 1.94 bits per heavy atom. The third-order valence-corrected chi connectivity index (χ3v) is 2.51. The molecule has 1 unspecified atom stereocenters. The molecule has 0 spiro atoms. The lowest BCUT2D eigenvalue weighted by Crippen LogP contribution is -2.15. The molecule has 0 saturated carbocycles. The van der Waals surface area contributed by atoms with Gasteiger partial charge in [-0.2, -0.15) is 23.4 Å². The van der Waals surface area contributed by atoms with Crippen molar-refractivity contribution in [1.29, 1.82) is 0 Å². The second-order valence-electron chi connectivity index (χ2n) is 4.14. The number of aryl methyl sites for hydroxylation is 2. The van der Waals surface area contributed by atoms with Gasteiger partial charge in [-0.25, -0.2) is 0 Å². The van der Waals surface area contributed by atoms with Gasteiger partial charge in [0.1, 0.15) is 0 Å². The first-order valence-corrected chi connectivity index (χ1v) is 5.43. The van der Waals surface area contributed by atoms with Gasteiger partial charge in [-0.1, -0.05) is 0 Å². The third-order valence-electron chi connectivity index (χ3n) is 2.51. The topological polar surface area (TPSA) is 51.8 Å². The molecule has 6 heteroatoms. The lowest BCUT2D eigenvalue weighted by atomic mass is 10.0. The van der Waals surface area contributed by atoms with Crippen LogP contribution in [0.15, 0.2) is 6.07 Å². The van der Waals surface area contributed by atoms with Crippen molar-refractivity contribution in [3.8, 4) is 0 Å². The van der Waals surface area contributed by atoms with E-state index in [0.29, 0.717) is 12.1 Å². The molecule has 3 nitrogen and oxygen atoms in total. The smallest absolute Gasteiger partial charge is 0.324 e. The van der Waals surface area contributed by atoms with Crippen molar-refractivity contribution >= 4 is 0 Å². The van der Waals surface area contributed by atoms with Gasteiger partial charge in [0.05, 0.1) is 11.4 Å². The van der Waals surface area contributed by atoms with E-state index in [-0.39, 0.29) is 6.42 Å². The third kappa shape index (κ3) is 4.68. The van der Waals surface area contributed by atoms with Gasteiger partial charge in [-0.15, -0.1) is 0 Å². The summed E-state index contributed by atoms with van der Waals surface area (Å²) in [7, 11) is 0. The lowest BCUT2D eigenvalue weighted by molar-refractivity contribution is -0.135. The van der Waals surface area contributed by atoms with Crippen molar-refractivity contribution in [2.75, 3.05) is 0 Å². The minimum atomic E-state index is -4.11. The zero-order valence-corrected chi connectivity index (χ0v) is 9.88. The molecule has 2 N–H and O–H groups in total. The molecule has 0 aliphatic carbocycles. The van der Waals surface area contributed by atoms with Crippen LogP contribution in [0.5, 0.6) is 0 Å². The molecule has 1 atom stereocenters. The molecule has 1 aromatic heterocycles. The highest BCUT2D eigenvalue weighted by molar-refractivity contribution is 5.23. The minimum absolute atomic E-state index is 0.0332. The van der Waals surface area contributed by atoms with Crippen LogP contribution in [0, 0.1) is 13.8 Å². The second kappa shape index (κ2) is 5.44. The Morgan fingerprint density at radius 1 is 1.29 bits per heavy atom. The maximum atomic E-state index is 12.0. The number of nitrogens with two attached hydrogens (primary N) is 1. The van der Waals surface area contributed by atoms with E-state index in [1.807, 2.05) is 0 Å². The molecule has 0 aliphatic rings. The normalized spacial score (nSPS) is 13.8. The van der Waals surface area contributed by atoms with E-state index in [1.54, 1.807) is 19.9 Å². The Labute approximate surface area is 98.2 Å². The fourth-order valence-corrected chi connectivity index (χ4v) is 1.62. The highest BCUT2D eigenvalue weighted by Gasteiger charge is 2.26. The lowest BCUT2D eigenvalue weighted by Gasteiger charge is -2.14. The number of alkyl halides is 3. The standard InChI is InChI=1S/C11H16F3N3/c1-7-6-9(8(2)17-16-7)10(15)4-3-5-11(12,13)14/h6,10H,3-5,15H2,1-2H3. The molecule has 1 heterocycles. The molecule has 0 saturated heterocycles. The number of halogens is 3. The molecule has 0 radical (unpaired) electrons. The first kappa shape index (κ1) is 13.9. The Kier molecular flexibility index (Phi) is 4.45. The summed E-state index contributed by atoms with van der Waals surface area (Å²) in [6, 6.07) is 1.37. The van der Waals surface area contributed by atoms with Gasteiger partial charge in [0.15, 0.2) is 0 Å². The largest absolute Gasteiger partial charge is 0.389 e. The van der Waals surface area contributed by atoms with Crippen LogP contribution in [-0.4, -0.2) is 16.4 Å². The van der Waals surface area contributed by atoms with E-state index in [1.165, 1.54) is 0 Å². The van der Waals surface area contributed by atoms with Gasteiger partial charge in [0, 0.05) is 12.5 Å². The van der Waals surface area contributed by atoms with E-state index in [0.717, 1.165) is 11.3 Å². The molecular formula is C11H16F3N3. The highest BCUT2D eigenvalue weighted by atomic mass is 19.4. The number of hydrogen-bond acceptors (Lipinski definition) is 3. The van der Waals surface area contributed by atoms with E-state index < -0.39 is 18.6 Å². The fourth-order valence-electron chi connectivity index (χ4n) is 1.62. The van der Waals surface area contributed by atoms with E-state index in [4.69, 9.17) is 5.73 Å². The van der Waals surface area contributed by atoms with Crippen molar-refractivity contribution in [1.82, 2.24) is 10.2 Å². The summed E-state index contributed by atoms with van der Waals surface area (Å²) in [4.78, 5) is 0. The molecule has 17 heavy (non-hydrogen) atoms. The van der Waals surface area contributed by atoms with Gasteiger partial charge in [-0.3, -0.25) is 0 Å². The second-order valence-corrected chi connectivity index (χ2v) is 4.14. The fraction of sp³-hybridized carbons (Fsp3) is 0.636. The minimum Gasteiger partial charge on any atom is -0.324 e. The van der Waals surface area contributed by atoms with Gasteiger partial charge in [0.2, 0.25) is 0 Å². The van der Waals surface area contributed by atoms with Crippen molar-refractivity contribution < 1.29 is 13.2 Å². The zero-order valence-electron chi connectivity index (χ0n) is 9.88. The maximum Gasteiger partial charge on any atom is 0.389 e. The average Bonchev–Trinajstić information content (AvgIpc) is 2.19. The van der Waals surface area contributed by atoms with Crippen LogP contribution in [-0.2, 0) is 0 Å². The average molecular weight is 247 g/mol. The highest BCUT2D eigenvalue weighted by Crippen LogP contribution is 2.26. The first-order valence-electron chi connectivity index (χ1n) is 5.43. The van der Waals surface area contributed by atoms with Crippen LogP contribution in [0.1, 0.15) is 42.3 Å². The van der Waals surface area contributed by atoms with Crippen LogP contribution in [0.25, 0.3) is 0 Å². The quantitative estimate of drug-likeness (QED) is 0.890. The van der Waals surface area contributed by atoms with Crippen LogP contribution >= 0.6 is 0 Å². The van der Waals surface area contributed by atoms with E-state index >= 15 is 0 Å². The van der Waals surface area contributed by atoms with Gasteiger partial charge < -0.3 is 5.73 Å². The van der Waals surface area contributed by atoms with Crippen molar-refractivity contribution in [2.24, 2.45) is 5.73 Å². The van der Waals surface area contributed by atoms with Crippen molar-refractivity contribution in [2.45, 2.75) is 45.3 Å².